The third kappa shape index (κ3) is 26.4. The van der Waals surface area contributed by atoms with Crippen LogP contribution in [-0.2, 0) is 19.2 Å². The zero-order valence-electron chi connectivity index (χ0n) is 28.5. The van der Waals surface area contributed by atoms with E-state index in [1.165, 1.54) is 5.69 Å². The molecule has 0 radical (unpaired) electrons. The number of carboxylic acid groups (broad SMARTS) is 4. The summed E-state index contributed by atoms with van der Waals surface area (Å²) < 4.78 is 0. The Labute approximate surface area is 285 Å². The van der Waals surface area contributed by atoms with Crippen molar-refractivity contribution in [3.05, 3.63) is 30.3 Å². The van der Waals surface area contributed by atoms with E-state index in [0.29, 0.717) is 0 Å². The van der Waals surface area contributed by atoms with Crippen LogP contribution in [0.25, 0.3) is 0 Å². The predicted octanol–water partition coefficient (Wildman–Crippen LogP) is 9.51. The highest BCUT2D eigenvalue weighted by molar-refractivity contribution is 7.58. The molecule has 0 amide bonds. The Hall–Kier alpha value is -2.24. The van der Waals surface area contributed by atoms with Gasteiger partial charge in [-0.1, -0.05) is 85.4 Å². The molecule has 0 saturated carbocycles. The SMILES string of the molecule is O=C(O)CCCCCCP(CCCCCCC(=O)O)CN(CP(CCCCCCC(=O)O)CCCCCCC(=O)O)c1ccccc1. The van der Waals surface area contributed by atoms with Crippen molar-refractivity contribution in [2.24, 2.45) is 0 Å². The van der Waals surface area contributed by atoms with E-state index in [1.807, 2.05) is 0 Å². The Morgan fingerprint density at radius 3 is 0.979 bits per heavy atom. The van der Waals surface area contributed by atoms with Gasteiger partial charge in [0.1, 0.15) is 0 Å². The summed E-state index contributed by atoms with van der Waals surface area (Å²) in [6.45, 7) is 0. The van der Waals surface area contributed by atoms with Crippen LogP contribution in [0.3, 0.4) is 0 Å². The fraction of sp³-hybridized carbons (Fsp3) is 0.722. The molecule has 0 spiro atoms. The monoisotopic (exact) mass is 697 g/mol. The van der Waals surface area contributed by atoms with Gasteiger partial charge in [-0.05, 0) is 88.1 Å². The summed E-state index contributed by atoms with van der Waals surface area (Å²) in [5.74, 6) is -2.92. The van der Waals surface area contributed by atoms with E-state index in [1.54, 1.807) is 0 Å². The first-order chi connectivity index (χ1) is 22.7. The van der Waals surface area contributed by atoms with Gasteiger partial charge < -0.3 is 25.3 Å². The second-order valence-corrected chi connectivity index (χ2v) is 17.7. The van der Waals surface area contributed by atoms with Crippen LogP contribution in [0.5, 0.6) is 0 Å². The van der Waals surface area contributed by atoms with Gasteiger partial charge in [-0.2, -0.15) is 0 Å². The third-order valence-corrected chi connectivity index (χ3v) is 13.6. The Balaban J connectivity index is 2.92. The third-order valence-electron chi connectivity index (χ3n) is 8.32. The van der Waals surface area contributed by atoms with Crippen molar-refractivity contribution >= 4 is 45.4 Å². The van der Waals surface area contributed by atoms with Gasteiger partial charge in [0.15, 0.2) is 0 Å². The van der Waals surface area contributed by atoms with Gasteiger partial charge in [-0.3, -0.25) is 19.2 Å². The molecule has 1 rings (SSSR count). The molecule has 0 heterocycles. The van der Waals surface area contributed by atoms with Gasteiger partial charge in [0.25, 0.3) is 0 Å². The van der Waals surface area contributed by atoms with Crippen LogP contribution >= 0.6 is 15.8 Å². The van der Waals surface area contributed by atoms with Crippen molar-refractivity contribution < 1.29 is 39.6 Å². The largest absolute Gasteiger partial charge is 0.481 e. The summed E-state index contributed by atoms with van der Waals surface area (Å²) in [6.07, 6.45) is 22.9. The number of unbranched alkanes of at least 4 members (excludes halogenated alkanes) is 12. The predicted molar refractivity (Wildman–Crippen MR) is 195 cm³/mol. The molecule has 0 fully saturated rings. The molecular weight excluding hydrogens is 636 g/mol. The topological polar surface area (TPSA) is 152 Å². The lowest BCUT2D eigenvalue weighted by atomic mass is 10.1. The van der Waals surface area contributed by atoms with E-state index in [-0.39, 0.29) is 41.5 Å². The van der Waals surface area contributed by atoms with Crippen molar-refractivity contribution in [1.29, 1.82) is 0 Å². The van der Waals surface area contributed by atoms with Crippen molar-refractivity contribution in [3.63, 3.8) is 0 Å². The molecule has 0 aromatic heterocycles. The fourth-order valence-corrected chi connectivity index (χ4v) is 11.0. The standard InChI is InChI=1S/C36H61NO8P2/c38-33(39)22-12-1-5-16-26-46(27-17-6-2-13-23-34(40)41)30-37(32-20-10-9-11-21-32)31-47(28-18-7-3-14-24-35(42)43)29-19-8-4-15-25-36(44)45/h9-11,20-21H,1-8,12-19,22-31H2,(H,38,39)(H,40,41)(H,42,43)(H,44,45). The summed E-state index contributed by atoms with van der Waals surface area (Å²) in [6, 6.07) is 10.7. The highest BCUT2D eigenvalue weighted by atomic mass is 31.1. The number of hydrogen-bond donors (Lipinski definition) is 4. The number of hydrogen-bond acceptors (Lipinski definition) is 5. The maximum absolute atomic E-state index is 10.9. The van der Waals surface area contributed by atoms with E-state index >= 15 is 0 Å². The highest BCUT2D eigenvalue weighted by Crippen LogP contribution is 2.45. The average molecular weight is 698 g/mol. The van der Waals surface area contributed by atoms with E-state index in [0.717, 1.165) is 140 Å². The van der Waals surface area contributed by atoms with Crippen LogP contribution in [0.2, 0.25) is 0 Å². The molecule has 1 aromatic carbocycles. The molecule has 0 saturated heterocycles. The molecule has 1 aromatic rings. The lowest BCUT2D eigenvalue weighted by molar-refractivity contribution is -0.138. The molecule has 0 bridgehead atoms. The molecule has 0 aliphatic rings. The molecule has 268 valence electrons. The van der Waals surface area contributed by atoms with Gasteiger partial charge in [0.05, 0.1) is 0 Å². The van der Waals surface area contributed by atoms with Crippen LogP contribution in [0.15, 0.2) is 30.3 Å². The maximum atomic E-state index is 10.9. The lowest BCUT2D eigenvalue weighted by Crippen LogP contribution is -2.26. The molecule has 47 heavy (non-hydrogen) atoms. The van der Waals surface area contributed by atoms with Gasteiger partial charge in [0.2, 0.25) is 0 Å². The first-order valence-electron chi connectivity index (χ1n) is 17.8. The summed E-state index contributed by atoms with van der Waals surface area (Å²) in [7, 11) is -0.566. The molecule has 0 atom stereocenters. The Morgan fingerprint density at radius 2 is 0.702 bits per heavy atom. The van der Waals surface area contributed by atoms with Crippen molar-refractivity contribution in [1.82, 2.24) is 0 Å². The number of para-hydroxylation sites is 1. The second kappa shape index (κ2) is 28.7. The number of benzene rings is 1. The van der Waals surface area contributed by atoms with Crippen LogP contribution in [0.4, 0.5) is 5.69 Å². The van der Waals surface area contributed by atoms with E-state index in [4.69, 9.17) is 20.4 Å². The van der Waals surface area contributed by atoms with Crippen molar-refractivity contribution in [2.75, 3.05) is 42.1 Å². The summed E-state index contributed by atoms with van der Waals surface area (Å²) in [4.78, 5) is 46.3. The first-order valence-corrected chi connectivity index (χ1v) is 21.6. The highest BCUT2D eigenvalue weighted by Gasteiger charge is 2.19. The van der Waals surface area contributed by atoms with E-state index < -0.39 is 23.9 Å². The minimum Gasteiger partial charge on any atom is -0.481 e. The minimum absolute atomic E-state index is 0.232. The average Bonchev–Trinajstić information content (AvgIpc) is 3.02. The number of carbonyl (C=O) groups is 4. The van der Waals surface area contributed by atoms with E-state index in [2.05, 4.69) is 35.2 Å². The first kappa shape index (κ1) is 42.8. The van der Waals surface area contributed by atoms with Gasteiger partial charge in [-0.25, -0.2) is 0 Å². The number of carboxylic acids is 4. The van der Waals surface area contributed by atoms with Gasteiger partial charge in [-0.15, -0.1) is 0 Å². The number of aliphatic carboxylic acids is 4. The zero-order chi connectivity index (χ0) is 34.5. The zero-order valence-corrected chi connectivity index (χ0v) is 30.3. The molecule has 11 heteroatoms. The quantitative estimate of drug-likeness (QED) is 0.0416. The number of rotatable bonds is 33. The second-order valence-electron chi connectivity index (χ2n) is 12.6. The molecular formula is C36H61NO8P2. The van der Waals surface area contributed by atoms with Crippen LogP contribution in [0.1, 0.15) is 128 Å². The Morgan fingerprint density at radius 1 is 0.426 bits per heavy atom. The van der Waals surface area contributed by atoms with Crippen LogP contribution in [-0.4, -0.2) is 81.5 Å². The lowest BCUT2D eigenvalue weighted by Gasteiger charge is -2.34. The molecule has 0 aliphatic heterocycles. The van der Waals surface area contributed by atoms with Crippen LogP contribution in [0, 0.1) is 0 Å². The number of anilines is 1. The number of nitrogens with zero attached hydrogens (tertiary/aromatic N) is 1. The summed E-state index contributed by atoms with van der Waals surface area (Å²) in [5, 5.41) is 35.9. The Bertz CT molecular complexity index is 871. The normalized spacial score (nSPS) is 11.3. The fourth-order valence-electron chi connectivity index (χ4n) is 5.70. The van der Waals surface area contributed by atoms with E-state index in [9.17, 15) is 19.2 Å². The summed E-state index contributed by atoms with van der Waals surface area (Å²) in [5.41, 5.74) is 1.25. The minimum atomic E-state index is -0.731. The molecule has 0 aliphatic carbocycles. The maximum Gasteiger partial charge on any atom is 0.303 e. The van der Waals surface area contributed by atoms with Crippen molar-refractivity contribution in [2.45, 2.75) is 128 Å². The molecule has 4 N–H and O–H groups in total. The van der Waals surface area contributed by atoms with Crippen LogP contribution < -0.4 is 4.90 Å². The molecule has 9 nitrogen and oxygen atoms in total. The summed E-state index contributed by atoms with van der Waals surface area (Å²) >= 11 is 0. The molecule has 0 unspecified atom stereocenters. The Kier molecular flexibility index (Phi) is 26.2. The van der Waals surface area contributed by atoms with Gasteiger partial charge >= 0.3 is 23.9 Å². The van der Waals surface area contributed by atoms with Gasteiger partial charge in [0, 0.05) is 43.9 Å². The smallest absolute Gasteiger partial charge is 0.303 e. The van der Waals surface area contributed by atoms with Crippen molar-refractivity contribution in [3.8, 4) is 0 Å².